The van der Waals surface area contributed by atoms with E-state index in [0.717, 1.165) is 5.56 Å². The molecule has 0 saturated carbocycles. The van der Waals surface area contributed by atoms with E-state index in [9.17, 15) is 9.18 Å². The zero-order valence-electron chi connectivity index (χ0n) is 12.2. The van der Waals surface area contributed by atoms with Crippen LogP contribution in [0.3, 0.4) is 0 Å². The molecule has 2 aromatic rings. The van der Waals surface area contributed by atoms with E-state index in [1.165, 1.54) is 17.0 Å². The summed E-state index contributed by atoms with van der Waals surface area (Å²) in [5.74, 6) is -0.322. The van der Waals surface area contributed by atoms with Crippen LogP contribution < -0.4 is 10.6 Å². The number of halogens is 1. The molecule has 4 heteroatoms. The minimum absolute atomic E-state index is 0.0510. The second-order valence-electron chi connectivity index (χ2n) is 5.20. The molecule has 3 nitrogen and oxygen atoms in total. The van der Waals surface area contributed by atoms with E-state index in [-0.39, 0.29) is 17.6 Å². The van der Waals surface area contributed by atoms with E-state index >= 15 is 0 Å². The highest BCUT2D eigenvalue weighted by Gasteiger charge is 2.16. The van der Waals surface area contributed by atoms with Gasteiger partial charge in [-0.05, 0) is 41.8 Å². The number of rotatable bonds is 4. The van der Waals surface area contributed by atoms with Crippen molar-refractivity contribution in [2.75, 3.05) is 17.7 Å². The van der Waals surface area contributed by atoms with Gasteiger partial charge >= 0.3 is 0 Å². The fourth-order valence-corrected chi connectivity index (χ4v) is 2.17. The van der Waals surface area contributed by atoms with Gasteiger partial charge in [0, 0.05) is 24.8 Å². The molecule has 0 bridgehead atoms. The first-order valence-corrected chi connectivity index (χ1v) is 6.85. The molecule has 0 saturated heterocycles. The van der Waals surface area contributed by atoms with Gasteiger partial charge in [0.05, 0.1) is 0 Å². The number of nitrogens with two attached hydrogens (primary N) is 1. The third-order valence-electron chi connectivity index (χ3n) is 3.56. The van der Waals surface area contributed by atoms with E-state index < -0.39 is 0 Å². The standard InChI is InChI=1S/C17H19FN2O/c1-12(13-6-8-15(19)9-7-13)10-17(21)20(2)16-5-3-4-14(18)11-16/h3-9,11-12H,10,19H2,1-2H3. The van der Waals surface area contributed by atoms with Crippen LogP contribution in [0.25, 0.3) is 0 Å². The third-order valence-corrected chi connectivity index (χ3v) is 3.56. The largest absolute Gasteiger partial charge is 0.399 e. The number of nitrogens with zero attached hydrogens (tertiary/aromatic N) is 1. The number of nitrogen functional groups attached to an aromatic ring is 1. The molecule has 0 aromatic heterocycles. The Morgan fingerprint density at radius 1 is 1.24 bits per heavy atom. The first-order valence-electron chi connectivity index (χ1n) is 6.85. The Morgan fingerprint density at radius 2 is 1.90 bits per heavy atom. The highest BCUT2D eigenvalue weighted by atomic mass is 19.1. The Morgan fingerprint density at radius 3 is 2.52 bits per heavy atom. The first-order chi connectivity index (χ1) is 9.97. The molecule has 2 aromatic carbocycles. The molecule has 1 atom stereocenters. The molecule has 110 valence electrons. The lowest BCUT2D eigenvalue weighted by molar-refractivity contribution is -0.118. The summed E-state index contributed by atoms with van der Waals surface area (Å²) in [5, 5.41) is 0. The van der Waals surface area contributed by atoms with E-state index in [2.05, 4.69) is 0 Å². The number of amides is 1. The van der Waals surface area contributed by atoms with Gasteiger partial charge in [-0.2, -0.15) is 0 Å². The van der Waals surface area contributed by atoms with Crippen molar-refractivity contribution < 1.29 is 9.18 Å². The van der Waals surface area contributed by atoms with Crippen LogP contribution in [0.2, 0.25) is 0 Å². The van der Waals surface area contributed by atoms with Crippen molar-refractivity contribution >= 4 is 17.3 Å². The average molecular weight is 286 g/mol. The Balaban J connectivity index is 2.05. The molecule has 2 rings (SSSR count). The number of carbonyl (C=O) groups excluding carboxylic acids is 1. The average Bonchev–Trinajstić information content (AvgIpc) is 2.47. The number of hydrogen-bond donors (Lipinski definition) is 1. The number of benzene rings is 2. The topological polar surface area (TPSA) is 46.3 Å². The molecule has 1 unspecified atom stereocenters. The van der Waals surface area contributed by atoms with Crippen molar-refractivity contribution in [2.45, 2.75) is 19.3 Å². The van der Waals surface area contributed by atoms with Crippen LogP contribution in [0.4, 0.5) is 15.8 Å². The molecule has 0 aliphatic carbocycles. The van der Waals surface area contributed by atoms with Crippen LogP contribution in [0, 0.1) is 5.82 Å². The molecular weight excluding hydrogens is 267 g/mol. The molecule has 0 radical (unpaired) electrons. The van der Waals surface area contributed by atoms with Gasteiger partial charge in [-0.15, -0.1) is 0 Å². The van der Waals surface area contributed by atoms with E-state index in [1.54, 1.807) is 19.2 Å². The summed E-state index contributed by atoms with van der Waals surface area (Å²) in [4.78, 5) is 13.8. The molecule has 2 N–H and O–H groups in total. The second-order valence-corrected chi connectivity index (χ2v) is 5.20. The van der Waals surface area contributed by atoms with Crippen molar-refractivity contribution in [3.63, 3.8) is 0 Å². The lowest BCUT2D eigenvalue weighted by Crippen LogP contribution is -2.27. The number of carbonyl (C=O) groups is 1. The van der Waals surface area contributed by atoms with Gasteiger partial charge in [0.1, 0.15) is 5.82 Å². The SMILES string of the molecule is CC(CC(=O)N(C)c1cccc(F)c1)c1ccc(N)cc1. The molecular formula is C17H19FN2O. The van der Waals surface area contributed by atoms with Crippen molar-refractivity contribution in [3.05, 3.63) is 59.9 Å². The highest BCUT2D eigenvalue weighted by Crippen LogP contribution is 2.23. The molecule has 0 spiro atoms. The summed E-state index contributed by atoms with van der Waals surface area (Å²) in [6, 6.07) is 13.5. The maximum absolute atomic E-state index is 13.2. The van der Waals surface area contributed by atoms with E-state index in [1.807, 2.05) is 31.2 Å². The van der Waals surface area contributed by atoms with Gasteiger partial charge in [-0.3, -0.25) is 4.79 Å². The quantitative estimate of drug-likeness (QED) is 0.873. The van der Waals surface area contributed by atoms with Gasteiger partial charge in [0.2, 0.25) is 5.91 Å². The summed E-state index contributed by atoms with van der Waals surface area (Å²) in [5.41, 5.74) is 7.98. The Bertz CT molecular complexity index is 625. The lowest BCUT2D eigenvalue weighted by Gasteiger charge is -2.20. The third kappa shape index (κ3) is 3.81. The van der Waals surface area contributed by atoms with Crippen LogP contribution >= 0.6 is 0 Å². The van der Waals surface area contributed by atoms with Crippen molar-refractivity contribution in [3.8, 4) is 0 Å². The predicted molar refractivity (Wildman–Crippen MR) is 83.7 cm³/mol. The molecule has 0 aliphatic rings. The monoisotopic (exact) mass is 286 g/mol. The molecule has 0 aliphatic heterocycles. The number of anilines is 2. The van der Waals surface area contributed by atoms with Gasteiger partial charge in [0.25, 0.3) is 0 Å². The van der Waals surface area contributed by atoms with Crippen LogP contribution in [-0.2, 0) is 4.79 Å². The maximum Gasteiger partial charge on any atom is 0.227 e. The van der Waals surface area contributed by atoms with Gasteiger partial charge in [-0.1, -0.05) is 25.1 Å². The van der Waals surface area contributed by atoms with Crippen molar-refractivity contribution in [2.24, 2.45) is 0 Å². The van der Waals surface area contributed by atoms with E-state index in [4.69, 9.17) is 5.73 Å². The second kappa shape index (κ2) is 6.39. The summed E-state index contributed by atoms with van der Waals surface area (Å²) in [6.07, 6.45) is 0.358. The zero-order chi connectivity index (χ0) is 15.4. The Hall–Kier alpha value is -2.36. The first kappa shape index (κ1) is 15.0. The van der Waals surface area contributed by atoms with Gasteiger partial charge < -0.3 is 10.6 Å². The lowest BCUT2D eigenvalue weighted by atomic mass is 9.97. The van der Waals surface area contributed by atoms with Gasteiger partial charge in [-0.25, -0.2) is 4.39 Å². The van der Waals surface area contributed by atoms with Crippen LogP contribution in [0.1, 0.15) is 24.8 Å². The summed E-state index contributed by atoms with van der Waals surface area (Å²) in [6.45, 7) is 1.99. The predicted octanol–water partition coefficient (Wildman–Crippen LogP) is 3.56. The van der Waals surface area contributed by atoms with E-state index in [0.29, 0.717) is 17.8 Å². The normalized spacial score (nSPS) is 12.0. The molecule has 0 heterocycles. The van der Waals surface area contributed by atoms with Gasteiger partial charge in [0.15, 0.2) is 0 Å². The van der Waals surface area contributed by atoms with Crippen LogP contribution in [0.15, 0.2) is 48.5 Å². The Labute approximate surface area is 124 Å². The fourth-order valence-electron chi connectivity index (χ4n) is 2.17. The van der Waals surface area contributed by atoms with Crippen molar-refractivity contribution in [1.82, 2.24) is 0 Å². The van der Waals surface area contributed by atoms with Crippen LogP contribution in [0.5, 0.6) is 0 Å². The number of hydrogen-bond acceptors (Lipinski definition) is 2. The van der Waals surface area contributed by atoms with Crippen molar-refractivity contribution in [1.29, 1.82) is 0 Å². The molecule has 1 amide bonds. The maximum atomic E-state index is 13.2. The summed E-state index contributed by atoms with van der Waals surface area (Å²) < 4.78 is 13.2. The van der Waals surface area contributed by atoms with Crippen LogP contribution in [-0.4, -0.2) is 13.0 Å². The molecule has 0 fully saturated rings. The Kier molecular flexibility index (Phi) is 4.58. The molecule has 21 heavy (non-hydrogen) atoms. The minimum atomic E-state index is -0.348. The summed E-state index contributed by atoms with van der Waals surface area (Å²) >= 11 is 0. The minimum Gasteiger partial charge on any atom is -0.399 e. The fraction of sp³-hybridized carbons (Fsp3) is 0.235. The smallest absolute Gasteiger partial charge is 0.227 e. The highest BCUT2D eigenvalue weighted by molar-refractivity contribution is 5.93. The summed E-state index contributed by atoms with van der Waals surface area (Å²) in [7, 11) is 1.66. The zero-order valence-corrected chi connectivity index (χ0v) is 12.2.